The molecule has 0 heterocycles. The minimum absolute atomic E-state index is 0.00765. The van der Waals surface area contributed by atoms with Crippen LogP contribution in [0.15, 0.2) is 0 Å². The first-order valence-electron chi connectivity index (χ1n) is 7.74. The Morgan fingerprint density at radius 1 is 0.818 bits per heavy atom. The average molecular weight is 319 g/mol. The van der Waals surface area contributed by atoms with E-state index in [1.165, 1.54) is 6.92 Å². The highest BCUT2D eigenvalue weighted by Crippen LogP contribution is 1.85. The topological polar surface area (TPSA) is 83.1 Å². The summed E-state index contributed by atoms with van der Waals surface area (Å²) in [5.41, 5.74) is 0. The highest BCUT2D eigenvalue weighted by atomic mass is 16.6. The lowest BCUT2D eigenvalue weighted by Gasteiger charge is -2.07. The summed E-state index contributed by atoms with van der Waals surface area (Å²) in [6.07, 6.45) is 1.41. The van der Waals surface area contributed by atoms with E-state index in [0.29, 0.717) is 59.2 Å². The van der Waals surface area contributed by atoms with E-state index in [1.807, 2.05) is 6.92 Å². The molecule has 0 atom stereocenters. The summed E-state index contributed by atoms with van der Waals surface area (Å²) in [5.74, 6) is 0.0695. The first-order valence-corrected chi connectivity index (χ1v) is 7.74. The van der Waals surface area contributed by atoms with Crippen LogP contribution in [0.3, 0.4) is 0 Å². The van der Waals surface area contributed by atoms with Gasteiger partial charge in [-0.15, -0.1) is 0 Å². The molecule has 0 aromatic rings. The van der Waals surface area contributed by atoms with Gasteiger partial charge in [0.05, 0.1) is 46.2 Å². The SMILES string of the molecule is CCCC(=O)NCCOCCOCCOCCOCC(C)=O. The van der Waals surface area contributed by atoms with Crippen LogP contribution in [0.25, 0.3) is 0 Å². The molecule has 0 unspecified atom stereocenters. The van der Waals surface area contributed by atoms with Crippen molar-refractivity contribution < 1.29 is 28.5 Å². The molecule has 0 radical (unpaired) electrons. The minimum Gasteiger partial charge on any atom is -0.377 e. The largest absolute Gasteiger partial charge is 0.377 e. The molecule has 0 aromatic heterocycles. The lowest BCUT2D eigenvalue weighted by atomic mass is 10.3. The van der Waals surface area contributed by atoms with Crippen LogP contribution in [0, 0.1) is 0 Å². The molecule has 0 spiro atoms. The van der Waals surface area contributed by atoms with E-state index in [-0.39, 0.29) is 18.3 Å². The molecule has 0 aromatic carbocycles. The van der Waals surface area contributed by atoms with Crippen molar-refractivity contribution in [2.75, 3.05) is 59.4 Å². The quantitative estimate of drug-likeness (QED) is 0.419. The molecular formula is C15H29NO6. The molecule has 7 heteroatoms. The van der Waals surface area contributed by atoms with Crippen LogP contribution in [0.2, 0.25) is 0 Å². The summed E-state index contributed by atoms with van der Waals surface area (Å²) in [5, 5.41) is 2.77. The number of carbonyl (C=O) groups is 2. The Kier molecular flexibility index (Phi) is 15.6. The van der Waals surface area contributed by atoms with E-state index in [0.717, 1.165) is 6.42 Å². The van der Waals surface area contributed by atoms with Gasteiger partial charge in [0.25, 0.3) is 0 Å². The number of carbonyl (C=O) groups excluding carboxylic acids is 2. The molecule has 0 fully saturated rings. The summed E-state index contributed by atoms with van der Waals surface area (Å²) in [6.45, 7) is 7.42. The molecule has 0 aliphatic rings. The second-order valence-electron chi connectivity index (χ2n) is 4.69. The zero-order valence-corrected chi connectivity index (χ0v) is 13.7. The Morgan fingerprint density at radius 3 is 1.82 bits per heavy atom. The third-order valence-electron chi connectivity index (χ3n) is 2.47. The molecule has 0 rings (SSSR count). The molecule has 22 heavy (non-hydrogen) atoms. The molecule has 130 valence electrons. The second-order valence-corrected chi connectivity index (χ2v) is 4.69. The number of nitrogens with one attached hydrogen (secondary N) is 1. The molecule has 1 amide bonds. The highest BCUT2D eigenvalue weighted by molar-refractivity contribution is 5.76. The first kappa shape index (κ1) is 21.0. The molecular weight excluding hydrogens is 290 g/mol. The third kappa shape index (κ3) is 17.0. The first-order chi connectivity index (χ1) is 10.7. The van der Waals surface area contributed by atoms with Crippen molar-refractivity contribution >= 4 is 11.7 Å². The van der Waals surface area contributed by atoms with Crippen LogP contribution in [0.1, 0.15) is 26.7 Å². The fourth-order valence-corrected chi connectivity index (χ4v) is 1.45. The zero-order chi connectivity index (χ0) is 16.5. The maximum atomic E-state index is 11.1. The predicted octanol–water partition coefficient (Wildman–Crippen LogP) is 0.558. The maximum Gasteiger partial charge on any atom is 0.220 e. The van der Waals surface area contributed by atoms with Crippen molar-refractivity contribution in [3.8, 4) is 0 Å². The van der Waals surface area contributed by atoms with Gasteiger partial charge in [-0.3, -0.25) is 9.59 Å². The highest BCUT2D eigenvalue weighted by Gasteiger charge is 1.97. The van der Waals surface area contributed by atoms with Gasteiger partial charge >= 0.3 is 0 Å². The number of ketones is 1. The molecule has 0 aliphatic heterocycles. The van der Waals surface area contributed by atoms with Crippen molar-refractivity contribution in [2.24, 2.45) is 0 Å². The third-order valence-corrected chi connectivity index (χ3v) is 2.47. The lowest BCUT2D eigenvalue weighted by Crippen LogP contribution is -2.27. The smallest absolute Gasteiger partial charge is 0.220 e. The van der Waals surface area contributed by atoms with E-state index >= 15 is 0 Å². The van der Waals surface area contributed by atoms with Crippen molar-refractivity contribution in [3.05, 3.63) is 0 Å². The molecule has 0 saturated carbocycles. The summed E-state index contributed by atoms with van der Waals surface area (Å²) in [7, 11) is 0. The second kappa shape index (κ2) is 16.4. The van der Waals surface area contributed by atoms with Gasteiger partial charge < -0.3 is 24.3 Å². The van der Waals surface area contributed by atoms with Crippen molar-refractivity contribution in [2.45, 2.75) is 26.7 Å². The average Bonchev–Trinajstić information content (AvgIpc) is 2.47. The summed E-state index contributed by atoms with van der Waals surface area (Å²) >= 11 is 0. The number of rotatable bonds is 16. The monoisotopic (exact) mass is 319 g/mol. The Labute approximate surface area is 132 Å². The van der Waals surface area contributed by atoms with Crippen molar-refractivity contribution in [1.29, 1.82) is 0 Å². The fraction of sp³-hybridized carbons (Fsp3) is 0.867. The van der Waals surface area contributed by atoms with E-state index in [1.54, 1.807) is 0 Å². The predicted molar refractivity (Wildman–Crippen MR) is 81.9 cm³/mol. The van der Waals surface area contributed by atoms with Crippen LogP contribution in [-0.2, 0) is 28.5 Å². The van der Waals surface area contributed by atoms with E-state index < -0.39 is 0 Å². The summed E-state index contributed by atoms with van der Waals surface area (Å²) in [6, 6.07) is 0. The Bertz CT molecular complexity index is 285. The molecule has 0 saturated heterocycles. The molecule has 7 nitrogen and oxygen atoms in total. The van der Waals surface area contributed by atoms with Crippen molar-refractivity contribution in [1.82, 2.24) is 5.32 Å². The zero-order valence-electron chi connectivity index (χ0n) is 13.7. The minimum atomic E-state index is 0.00765. The van der Waals surface area contributed by atoms with Gasteiger partial charge in [0.2, 0.25) is 5.91 Å². The Morgan fingerprint density at radius 2 is 1.32 bits per heavy atom. The Hall–Kier alpha value is -1.02. The molecule has 0 bridgehead atoms. The van der Waals surface area contributed by atoms with E-state index in [9.17, 15) is 9.59 Å². The maximum absolute atomic E-state index is 11.1. The summed E-state index contributed by atoms with van der Waals surface area (Å²) < 4.78 is 20.9. The number of amides is 1. The van der Waals surface area contributed by atoms with Crippen LogP contribution >= 0.6 is 0 Å². The number of hydrogen-bond acceptors (Lipinski definition) is 6. The number of ether oxygens (including phenoxy) is 4. The van der Waals surface area contributed by atoms with E-state index in [2.05, 4.69) is 5.32 Å². The lowest BCUT2D eigenvalue weighted by molar-refractivity contribution is -0.122. The van der Waals surface area contributed by atoms with Crippen LogP contribution < -0.4 is 5.32 Å². The van der Waals surface area contributed by atoms with Gasteiger partial charge in [-0.2, -0.15) is 0 Å². The summed E-state index contributed by atoms with van der Waals surface area (Å²) in [4.78, 5) is 21.7. The molecule has 0 aliphatic carbocycles. The van der Waals surface area contributed by atoms with Gasteiger partial charge in [0.15, 0.2) is 5.78 Å². The molecule has 1 N–H and O–H groups in total. The van der Waals surface area contributed by atoms with Crippen LogP contribution in [0.5, 0.6) is 0 Å². The Balaban J connectivity index is 3.05. The number of Topliss-reactive ketones (excluding diaryl/α,β-unsaturated/α-hetero) is 1. The number of hydrogen-bond donors (Lipinski definition) is 1. The van der Waals surface area contributed by atoms with Gasteiger partial charge in [-0.25, -0.2) is 0 Å². The van der Waals surface area contributed by atoms with Crippen LogP contribution in [0.4, 0.5) is 0 Å². The normalized spacial score (nSPS) is 10.6. The standard InChI is InChI=1S/C15H29NO6/c1-3-4-15(18)16-5-6-19-7-8-20-9-10-21-11-12-22-13-14(2)17/h3-13H2,1-2H3,(H,16,18). The van der Waals surface area contributed by atoms with Gasteiger partial charge in [0, 0.05) is 13.0 Å². The fourth-order valence-electron chi connectivity index (χ4n) is 1.45. The van der Waals surface area contributed by atoms with E-state index in [4.69, 9.17) is 18.9 Å². The van der Waals surface area contributed by atoms with Crippen LogP contribution in [-0.4, -0.2) is 71.1 Å². The van der Waals surface area contributed by atoms with Gasteiger partial charge in [-0.05, 0) is 13.3 Å². The van der Waals surface area contributed by atoms with Crippen molar-refractivity contribution in [3.63, 3.8) is 0 Å². The van der Waals surface area contributed by atoms with Gasteiger partial charge in [0.1, 0.15) is 6.61 Å². The van der Waals surface area contributed by atoms with Gasteiger partial charge in [-0.1, -0.05) is 6.92 Å².